The Hall–Kier alpha value is -1.46. The van der Waals surface area contributed by atoms with E-state index in [1.54, 1.807) is 19.1 Å². The Morgan fingerprint density at radius 2 is 1.56 bits per heavy atom. The van der Waals surface area contributed by atoms with Crippen LogP contribution in [0.3, 0.4) is 0 Å². The molecule has 0 heterocycles. The molecule has 0 spiro atoms. The minimum absolute atomic E-state index is 0.0994. The summed E-state index contributed by atoms with van der Waals surface area (Å²) in [4.78, 5) is 0. The lowest BCUT2D eigenvalue weighted by Gasteiger charge is -2.20. The summed E-state index contributed by atoms with van der Waals surface area (Å²) < 4.78 is 15.6. The lowest BCUT2D eigenvalue weighted by Crippen LogP contribution is -2.13. The summed E-state index contributed by atoms with van der Waals surface area (Å²) in [5.41, 5.74) is 0.617. The van der Waals surface area contributed by atoms with E-state index >= 15 is 0 Å². The van der Waals surface area contributed by atoms with Crippen LogP contribution in [0.25, 0.3) is 0 Å². The maximum absolute atomic E-state index is 10.1. The Morgan fingerprint density at radius 1 is 1.06 bits per heavy atom. The molecular formula is C13H20O5. The molecule has 0 aliphatic carbocycles. The Balaban J connectivity index is 3.22. The highest BCUT2D eigenvalue weighted by molar-refractivity contribution is 5.54. The topological polar surface area (TPSA) is 68.2 Å². The average molecular weight is 256 g/mol. The number of ether oxygens (including phenoxy) is 3. The summed E-state index contributed by atoms with van der Waals surface area (Å²) in [5.74, 6) is 1.17. The average Bonchev–Trinajstić information content (AvgIpc) is 2.43. The lowest BCUT2D eigenvalue weighted by molar-refractivity contribution is 0.0766. The van der Waals surface area contributed by atoms with E-state index < -0.39 is 6.10 Å². The highest BCUT2D eigenvalue weighted by atomic mass is 16.5. The minimum atomic E-state index is -0.788. The molecule has 0 aromatic heterocycles. The maximum Gasteiger partial charge on any atom is 0.203 e. The monoisotopic (exact) mass is 256 g/mol. The SMILES string of the molecule is COc1cc([C@@H](O)C(C)CO)cc(OC)c1OC. The predicted molar refractivity (Wildman–Crippen MR) is 67.3 cm³/mol. The minimum Gasteiger partial charge on any atom is -0.493 e. The van der Waals surface area contributed by atoms with Crippen LogP contribution in [0.5, 0.6) is 17.2 Å². The molecule has 2 N–H and O–H groups in total. The Labute approximate surface area is 107 Å². The first-order valence-electron chi connectivity index (χ1n) is 5.67. The Kier molecular flexibility index (Phi) is 5.25. The van der Waals surface area contributed by atoms with Crippen molar-refractivity contribution in [3.05, 3.63) is 17.7 Å². The van der Waals surface area contributed by atoms with Crippen LogP contribution in [-0.4, -0.2) is 38.1 Å². The summed E-state index contributed by atoms with van der Waals surface area (Å²) >= 11 is 0. The van der Waals surface area contributed by atoms with Crippen LogP contribution in [0.4, 0.5) is 0 Å². The van der Waals surface area contributed by atoms with Gasteiger partial charge in [0, 0.05) is 12.5 Å². The molecule has 0 amide bonds. The number of aliphatic hydroxyl groups is 2. The zero-order chi connectivity index (χ0) is 13.7. The van der Waals surface area contributed by atoms with Gasteiger partial charge in [-0.3, -0.25) is 0 Å². The van der Waals surface area contributed by atoms with E-state index in [4.69, 9.17) is 19.3 Å². The van der Waals surface area contributed by atoms with Crippen molar-refractivity contribution >= 4 is 0 Å². The maximum atomic E-state index is 10.1. The van der Waals surface area contributed by atoms with Crippen molar-refractivity contribution in [2.24, 2.45) is 5.92 Å². The molecule has 1 unspecified atom stereocenters. The van der Waals surface area contributed by atoms with Crippen molar-refractivity contribution in [2.45, 2.75) is 13.0 Å². The van der Waals surface area contributed by atoms with E-state index in [2.05, 4.69) is 0 Å². The van der Waals surface area contributed by atoms with Gasteiger partial charge in [-0.1, -0.05) is 6.92 Å². The number of methoxy groups -OCH3 is 3. The van der Waals surface area contributed by atoms with Gasteiger partial charge in [-0.15, -0.1) is 0 Å². The fraction of sp³-hybridized carbons (Fsp3) is 0.538. The van der Waals surface area contributed by atoms with Crippen molar-refractivity contribution in [3.63, 3.8) is 0 Å². The molecule has 0 bridgehead atoms. The van der Waals surface area contributed by atoms with E-state index in [-0.39, 0.29) is 12.5 Å². The molecule has 102 valence electrons. The van der Waals surface area contributed by atoms with Crippen molar-refractivity contribution in [3.8, 4) is 17.2 Å². The van der Waals surface area contributed by atoms with Gasteiger partial charge in [0.15, 0.2) is 11.5 Å². The van der Waals surface area contributed by atoms with E-state index in [0.717, 1.165) is 0 Å². The molecule has 18 heavy (non-hydrogen) atoms. The first-order chi connectivity index (χ1) is 8.58. The zero-order valence-corrected chi connectivity index (χ0v) is 11.1. The number of hydrogen-bond acceptors (Lipinski definition) is 5. The number of rotatable bonds is 6. The predicted octanol–water partition coefficient (Wildman–Crippen LogP) is 1.37. The molecule has 1 aromatic rings. The molecule has 0 radical (unpaired) electrons. The fourth-order valence-corrected chi connectivity index (χ4v) is 1.70. The molecule has 5 nitrogen and oxygen atoms in total. The standard InChI is InChI=1S/C13H20O5/c1-8(7-14)12(15)9-5-10(16-2)13(18-4)11(6-9)17-3/h5-6,8,12,14-15H,7H2,1-4H3/t8?,12-/m0/s1. The van der Waals surface area contributed by atoms with Crippen molar-refractivity contribution in [2.75, 3.05) is 27.9 Å². The van der Waals surface area contributed by atoms with Gasteiger partial charge in [-0.25, -0.2) is 0 Å². The van der Waals surface area contributed by atoms with Gasteiger partial charge in [0.1, 0.15) is 0 Å². The van der Waals surface area contributed by atoms with Crippen LogP contribution in [-0.2, 0) is 0 Å². The van der Waals surface area contributed by atoms with E-state index in [1.807, 2.05) is 0 Å². The first-order valence-corrected chi connectivity index (χ1v) is 5.67. The summed E-state index contributed by atoms with van der Waals surface area (Å²) in [6, 6.07) is 3.36. The smallest absolute Gasteiger partial charge is 0.203 e. The van der Waals surface area contributed by atoms with Crippen molar-refractivity contribution < 1.29 is 24.4 Å². The van der Waals surface area contributed by atoms with E-state index in [1.165, 1.54) is 21.3 Å². The lowest BCUT2D eigenvalue weighted by atomic mass is 9.97. The fourth-order valence-electron chi connectivity index (χ4n) is 1.70. The number of benzene rings is 1. The second-order valence-corrected chi connectivity index (χ2v) is 4.06. The Morgan fingerprint density at radius 3 is 1.89 bits per heavy atom. The quantitative estimate of drug-likeness (QED) is 0.804. The molecule has 2 atom stereocenters. The summed E-state index contributed by atoms with van der Waals surface area (Å²) in [6.45, 7) is 1.66. The molecule has 1 aromatic carbocycles. The number of hydrogen-bond donors (Lipinski definition) is 2. The third kappa shape index (κ3) is 2.86. The van der Waals surface area contributed by atoms with Gasteiger partial charge in [0.05, 0.1) is 27.4 Å². The van der Waals surface area contributed by atoms with Gasteiger partial charge in [0.2, 0.25) is 5.75 Å². The highest BCUT2D eigenvalue weighted by Gasteiger charge is 2.20. The zero-order valence-electron chi connectivity index (χ0n) is 11.1. The van der Waals surface area contributed by atoms with Crippen LogP contribution in [0.2, 0.25) is 0 Å². The third-order valence-electron chi connectivity index (χ3n) is 2.86. The number of aliphatic hydroxyl groups excluding tert-OH is 2. The van der Waals surface area contributed by atoms with Crippen molar-refractivity contribution in [1.82, 2.24) is 0 Å². The molecule has 0 aliphatic heterocycles. The second kappa shape index (κ2) is 6.47. The molecular weight excluding hydrogens is 236 g/mol. The van der Waals surface area contributed by atoms with Crippen LogP contribution >= 0.6 is 0 Å². The van der Waals surface area contributed by atoms with Crippen LogP contribution in [0.1, 0.15) is 18.6 Å². The summed E-state index contributed by atoms with van der Waals surface area (Å²) in [5, 5.41) is 19.2. The van der Waals surface area contributed by atoms with Crippen LogP contribution in [0.15, 0.2) is 12.1 Å². The van der Waals surface area contributed by atoms with Crippen LogP contribution < -0.4 is 14.2 Å². The molecule has 0 fully saturated rings. The normalized spacial score (nSPS) is 13.9. The second-order valence-electron chi connectivity index (χ2n) is 4.06. The van der Waals surface area contributed by atoms with Gasteiger partial charge < -0.3 is 24.4 Å². The Bertz CT molecular complexity index is 366. The molecule has 0 saturated carbocycles. The molecule has 0 aliphatic rings. The molecule has 5 heteroatoms. The van der Waals surface area contributed by atoms with E-state index in [9.17, 15) is 5.11 Å². The van der Waals surface area contributed by atoms with Crippen molar-refractivity contribution in [1.29, 1.82) is 0 Å². The molecule has 0 saturated heterocycles. The summed E-state index contributed by atoms with van der Waals surface area (Å²) in [6.07, 6.45) is -0.788. The highest BCUT2D eigenvalue weighted by Crippen LogP contribution is 2.40. The van der Waals surface area contributed by atoms with Gasteiger partial charge in [0.25, 0.3) is 0 Å². The third-order valence-corrected chi connectivity index (χ3v) is 2.86. The van der Waals surface area contributed by atoms with Gasteiger partial charge in [-0.2, -0.15) is 0 Å². The van der Waals surface area contributed by atoms with Gasteiger partial charge >= 0.3 is 0 Å². The van der Waals surface area contributed by atoms with E-state index in [0.29, 0.717) is 22.8 Å². The summed E-state index contributed by atoms with van der Waals surface area (Å²) in [7, 11) is 4.55. The molecule has 1 rings (SSSR count). The first kappa shape index (κ1) is 14.6. The van der Waals surface area contributed by atoms with Gasteiger partial charge in [-0.05, 0) is 17.7 Å². The largest absolute Gasteiger partial charge is 0.493 e. The van der Waals surface area contributed by atoms with Crippen LogP contribution in [0, 0.1) is 5.92 Å².